The van der Waals surface area contributed by atoms with Crippen LogP contribution in [0.25, 0.3) is 11.5 Å². The SMILES string of the molecule is CCC(OC)c1noc(-c2cc(C)ccc2O)n1. The van der Waals surface area contributed by atoms with Crippen LogP contribution in [0.15, 0.2) is 22.7 Å². The van der Waals surface area contributed by atoms with Gasteiger partial charge in [0.25, 0.3) is 5.89 Å². The number of rotatable bonds is 4. The fraction of sp³-hybridized carbons (Fsp3) is 0.385. The Labute approximate surface area is 105 Å². The van der Waals surface area contributed by atoms with Gasteiger partial charge in [-0.15, -0.1) is 0 Å². The third-order valence-corrected chi connectivity index (χ3v) is 2.77. The predicted octanol–water partition coefficient (Wildman–Crippen LogP) is 2.85. The van der Waals surface area contributed by atoms with Crippen molar-refractivity contribution in [2.45, 2.75) is 26.4 Å². The van der Waals surface area contributed by atoms with E-state index in [1.807, 2.05) is 19.9 Å². The first-order valence-electron chi connectivity index (χ1n) is 5.82. The van der Waals surface area contributed by atoms with Gasteiger partial charge in [0.1, 0.15) is 11.9 Å². The molecule has 0 saturated heterocycles. The molecule has 0 aliphatic rings. The standard InChI is InChI=1S/C13H16N2O3/c1-4-11(17-3)12-14-13(18-15-12)9-7-8(2)5-6-10(9)16/h5-7,11,16H,4H2,1-3H3. The lowest BCUT2D eigenvalue weighted by Gasteiger charge is -2.06. The van der Waals surface area contributed by atoms with Crippen molar-refractivity contribution < 1.29 is 14.4 Å². The molecule has 0 spiro atoms. The van der Waals surface area contributed by atoms with Crippen LogP contribution in [0.3, 0.4) is 0 Å². The predicted molar refractivity (Wildman–Crippen MR) is 66.2 cm³/mol. The van der Waals surface area contributed by atoms with Gasteiger partial charge in [0.05, 0.1) is 5.56 Å². The zero-order valence-electron chi connectivity index (χ0n) is 10.7. The van der Waals surface area contributed by atoms with Gasteiger partial charge in [-0.3, -0.25) is 0 Å². The minimum Gasteiger partial charge on any atom is -0.507 e. The second-order valence-electron chi connectivity index (χ2n) is 4.11. The third-order valence-electron chi connectivity index (χ3n) is 2.77. The molecule has 0 bridgehead atoms. The molecule has 1 unspecified atom stereocenters. The van der Waals surface area contributed by atoms with Crippen LogP contribution in [0.5, 0.6) is 5.75 Å². The van der Waals surface area contributed by atoms with Crippen molar-refractivity contribution in [3.8, 4) is 17.2 Å². The number of phenolic OH excluding ortho intramolecular Hbond substituents is 1. The van der Waals surface area contributed by atoms with E-state index in [0.29, 0.717) is 17.3 Å². The van der Waals surface area contributed by atoms with Gasteiger partial charge in [-0.25, -0.2) is 0 Å². The number of ether oxygens (including phenoxy) is 1. The number of aromatic nitrogens is 2. The number of methoxy groups -OCH3 is 1. The Morgan fingerprint density at radius 1 is 1.44 bits per heavy atom. The van der Waals surface area contributed by atoms with Crippen LogP contribution in [0.4, 0.5) is 0 Å². The summed E-state index contributed by atoms with van der Waals surface area (Å²) >= 11 is 0. The molecule has 1 N–H and O–H groups in total. The molecule has 1 aromatic carbocycles. The Morgan fingerprint density at radius 2 is 2.22 bits per heavy atom. The fourth-order valence-corrected chi connectivity index (χ4v) is 1.75. The molecule has 0 fully saturated rings. The van der Waals surface area contributed by atoms with E-state index in [1.54, 1.807) is 19.2 Å². The molecule has 0 aliphatic carbocycles. The number of benzene rings is 1. The highest BCUT2D eigenvalue weighted by Crippen LogP contribution is 2.29. The molecule has 0 amide bonds. The van der Waals surface area contributed by atoms with Crippen molar-refractivity contribution in [2.24, 2.45) is 0 Å². The minimum atomic E-state index is -0.186. The Kier molecular flexibility index (Phi) is 3.62. The molecule has 2 aromatic rings. The normalized spacial score (nSPS) is 12.6. The maximum absolute atomic E-state index is 9.79. The van der Waals surface area contributed by atoms with Gasteiger partial charge in [-0.1, -0.05) is 23.7 Å². The number of aryl methyl sites for hydroxylation is 1. The smallest absolute Gasteiger partial charge is 0.261 e. The molecule has 0 saturated carbocycles. The summed E-state index contributed by atoms with van der Waals surface area (Å²) in [6, 6.07) is 5.24. The molecule has 0 radical (unpaired) electrons. The van der Waals surface area contributed by atoms with E-state index in [0.717, 1.165) is 12.0 Å². The number of phenols is 1. The highest BCUT2D eigenvalue weighted by Gasteiger charge is 2.18. The summed E-state index contributed by atoms with van der Waals surface area (Å²) in [5.74, 6) is 0.930. The molecule has 96 valence electrons. The largest absolute Gasteiger partial charge is 0.507 e. The van der Waals surface area contributed by atoms with Gasteiger partial charge in [0, 0.05) is 7.11 Å². The number of aromatic hydroxyl groups is 1. The quantitative estimate of drug-likeness (QED) is 0.901. The van der Waals surface area contributed by atoms with E-state index < -0.39 is 0 Å². The van der Waals surface area contributed by atoms with Gasteiger partial charge in [-0.05, 0) is 25.5 Å². The Balaban J connectivity index is 2.37. The van der Waals surface area contributed by atoms with Crippen LogP contribution in [-0.4, -0.2) is 22.4 Å². The van der Waals surface area contributed by atoms with Crippen LogP contribution < -0.4 is 0 Å². The zero-order valence-corrected chi connectivity index (χ0v) is 10.7. The molecule has 0 aliphatic heterocycles. The van der Waals surface area contributed by atoms with Crippen molar-refractivity contribution in [3.63, 3.8) is 0 Å². The van der Waals surface area contributed by atoms with E-state index in [1.165, 1.54) is 0 Å². The second kappa shape index (κ2) is 5.18. The van der Waals surface area contributed by atoms with E-state index >= 15 is 0 Å². The second-order valence-corrected chi connectivity index (χ2v) is 4.11. The summed E-state index contributed by atoms with van der Waals surface area (Å²) < 4.78 is 10.4. The van der Waals surface area contributed by atoms with E-state index in [2.05, 4.69) is 10.1 Å². The average molecular weight is 248 g/mol. The van der Waals surface area contributed by atoms with Crippen LogP contribution in [-0.2, 0) is 4.74 Å². The average Bonchev–Trinajstić information content (AvgIpc) is 2.83. The van der Waals surface area contributed by atoms with Crippen molar-refractivity contribution in [3.05, 3.63) is 29.6 Å². The van der Waals surface area contributed by atoms with Gasteiger partial charge >= 0.3 is 0 Å². The minimum absolute atomic E-state index is 0.126. The summed E-state index contributed by atoms with van der Waals surface area (Å²) in [5, 5.41) is 13.7. The molecular weight excluding hydrogens is 232 g/mol. The van der Waals surface area contributed by atoms with Crippen molar-refractivity contribution in [2.75, 3.05) is 7.11 Å². The summed E-state index contributed by atoms with van der Waals surface area (Å²) in [6.07, 6.45) is 0.574. The Bertz CT molecular complexity index is 533. The number of nitrogens with zero attached hydrogens (tertiary/aromatic N) is 2. The molecule has 2 rings (SSSR count). The monoisotopic (exact) mass is 248 g/mol. The van der Waals surface area contributed by atoms with Gasteiger partial charge < -0.3 is 14.4 Å². The molecule has 5 nitrogen and oxygen atoms in total. The number of hydrogen-bond donors (Lipinski definition) is 1. The number of hydrogen-bond acceptors (Lipinski definition) is 5. The van der Waals surface area contributed by atoms with Crippen molar-refractivity contribution >= 4 is 0 Å². The first-order valence-corrected chi connectivity index (χ1v) is 5.82. The van der Waals surface area contributed by atoms with Gasteiger partial charge in [-0.2, -0.15) is 4.98 Å². The summed E-state index contributed by atoms with van der Waals surface area (Å²) in [7, 11) is 1.61. The maximum Gasteiger partial charge on any atom is 0.261 e. The topological polar surface area (TPSA) is 68.4 Å². The van der Waals surface area contributed by atoms with Gasteiger partial charge in [0.15, 0.2) is 0 Å². The first kappa shape index (κ1) is 12.6. The lowest BCUT2D eigenvalue weighted by molar-refractivity contribution is 0.0903. The van der Waals surface area contributed by atoms with Gasteiger partial charge in [0.2, 0.25) is 5.82 Å². The summed E-state index contributed by atoms with van der Waals surface area (Å²) in [5.41, 5.74) is 1.56. The molecular formula is C13H16N2O3. The lowest BCUT2D eigenvalue weighted by Crippen LogP contribution is -2.01. The van der Waals surface area contributed by atoms with E-state index in [4.69, 9.17) is 9.26 Å². The van der Waals surface area contributed by atoms with E-state index in [9.17, 15) is 5.11 Å². The van der Waals surface area contributed by atoms with Crippen LogP contribution in [0, 0.1) is 6.92 Å². The summed E-state index contributed by atoms with van der Waals surface area (Å²) in [6.45, 7) is 3.92. The van der Waals surface area contributed by atoms with Crippen molar-refractivity contribution in [1.29, 1.82) is 0 Å². The zero-order chi connectivity index (χ0) is 13.1. The summed E-state index contributed by atoms with van der Waals surface area (Å²) in [4.78, 5) is 4.26. The Hall–Kier alpha value is -1.88. The maximum atomic E-state index is 9.79. The molecule has 1 heterocycles. The molecule has 18 heavy (non-hydrogen) atoms. The highest BCUT2D eigenvalue weighted by molar-refractivity contribution is 5.63. The molecule has 1 atom stereocenters. The van der Waals surface area contributed by atoms with Crippen LogP contribution in [0.1, 0.15) is 30.8 Å². The lowest BCUT2D eigenvalue weighted by atomic mass is 10.1. The first-order chi connectivity index (χ1) is 8.65. The molecule has 1 aromatic heterocycles. The molecule has 5 heteroatoms. The highest BCUT2D eigenvalue weighted by atomic mass is 16.5. The van der Waals surface area contributed by atoms with Crippen LogP contribution >= 0.6 is 0 Å². The fourth-order valence-electron chi connectivity index (χ4n) is 1.75. The van der Waals surface area contributed by atoms with E-state index in [-0.39, 0.29) is 11.9 Å². The van der Waals surface area contributed by atoms with Crippen LogP contribution in [0.2, 0.25) is 0 Å². The Morgan fingerprint density at radius 3 is 2.89 bits per heavy atom. The van der Waals surface area contributed by atoms with Crippen molar-refractivity contribution in [1.82, 2.24) is 10.1 Å². The third kappa shape index (κ3) is 2.36.